The van der Waals surface area contributed by atoms with E-state index in [-0.39, 0.29) is 11.3 Å². The summed E-state index contributed by atoms with van der Waals surface area (Å²) in [6.07, 6.45) is 4.59. The fourth-order valence-corrected chi connectivity index (χ4v) is 2.84. The highest BCUT2D eigenvalue weighted by molar-refractivity contribution is 7.99. The monoisotopic (exact) mass is 356 g/mol. The molecule has 9 nitrogen and oxygen atoms in total. The van der Waals surface area contributed by atoms with Crippen LogP contribution in [0.25, 0.3) is 0 Å². The van der Waals surface area contributed by atoms with Crippen molar-refractivity contribution in [3.8, 4) is 0 Å². The Labute approximate surface area is 146 Å². The minimum absolute atomic E-state index is 0.171. The molecule has 0 saturated carbocycles. The van der Waals surface area contributed by atoms with Gasteiger partial charge >= 0.3 is 0 Å². The van der Waals surface area contributed by atoms with Crippen molar-refractivity contribution in [3.05, 3.63) is 64.7 Å². The van der Waals surface area contributed by atoms with E-state index in [0.717, 1.165) is 11.8 Å². The topological polar surface area (TPSA) is 116 Å². The SMILES string of the molecule is Cn1cnnc1Sc1ccc(C(=O)Nc2ccncc2)cc1[N+](=O)[O-]. The number of amides is 1. The van der Waals surface area contributed by atoms with Gasteiger partial charge in [0, 0.05) is 36.8 Å². The van der Waals surface area contributed by atoms with Gasteiger partial charge in [-0.3, -0.25) is 19.9 Å². The minimum Gasteiger partial charge on any atom is -0.322 e. The summed E-state index contributed by atoms with van der Waals surface area (Å²) in [5.41, 5.74) is 0.571. The number of aryl methyl sites for hydroxylation is 1. The Morgan fingerprint density at radius 2 is 2.04 bits per heavy atom. The summed E-state index contributed by atoms with van der Waals surface area (Å²) in [7, 11) is 1.74. The van der Waals surface area contributed by atoms with Gasteiger partial charge in [0.25, 0.3) is 11.6 Å². The lowest BCUT2D eigenvalue weighted by Crippen LogP contribution is -2.12. The number of hydrogen-bond acceptors (Lipinski definition) is 7. The first-order valence-electron chi connectivity index (χ1n) is 7.06. The number of pyridine rings is 1. The van der Waals surface area contributed by atoms with Gasteiger partial charge in [0.2, 0.25) is 0 Å². The van der Waals surface area contributed by atoms with Crippen LogP contribution in [0.2, 0.25) is 0 Å². The summed E-state index contributed by atoms with van der Waals surface area (Å²) in [5.74, 6) is -0.440. The predicted octanol–water partition coefficient (Wildman–Crippen LogP) is 2.52. The van der Waals surface area contributed by atoms with Crippen LogP contribution >= 0.6 is 11.8 Å². The van der Waals surface area contributed by atoms with E-state index >= 15 is 0 Å². The maximum atomic E-state index is 12.3. The van der Waals surface area contributed by atoms with Crippen LogP contribution in [0.1, 0.15) is 10.4 Å². The molecule has 0 unspecified atom stereocenters. The van der Waals surface area contributed by atoms with E-state index in [0.29, 0.717) is 15.7 Å². The zero-order valence-corrected chi connectivity index (χ0v) is 13.8. The van der Waals surface area contributed by atoms with E-state index in [2.05, 4.69) is 20.5 Å². The molecule has 0 bridgehead atoms. The molecular formula is C15H12N6O3S. The Bertz CT molecular complexity index is 928. The number of nitro groups is 1. The largest absolute Gasteiger partial charge is 0.322 e. The minimum atomic E-state index is -0.526. The van der Waals surface area contributed by atoms with Gasteiger partial charge < -0.3 is 9.88 Å². The lowest BCUT2D eigenvalue weighted by atomic mass is 10.2. The first-order chi connectivity index (χ1) is 12.0. The Hall–Kier alpha value is -3.27. The molecule has 1 amide bonds. The summed E-state index contributed by atoms with van der Waals surface area (Å²) in [4.78, 5) is 27.4. The van der Waals surface area contributed by atoms with Gasteiger partial charge in [-0.2, -0.15) is 0 Å². The second-order valence-corrected chi connectivity index (χ2v) is 5.97. The number of anilines is 1. The maximum Gasteiger partial charge on any atom is 0.284 e. The fraction of sp³-hybridized carbons (Fsp3) is 0.0667. The van der Waals surface area contributed by atoms with Gasteiger partial charge in [-0.25, -0.2) is 0 Å². The van der Waals surface area contributed by atoms with Crippen molar-refractivity contribution in [1.29, 1.82) is 0 Å². The second kappa shape index (κ2) is 7.09. The van der Waals surface area contributed by atoms with Crippen molar-refractivity contribution in [1.82, 2.24) is 19.7 Å². The lowest BCUT2D eigenvalue weighted by Gasteiger charge is -2.07. The van der Waals surface area contributed by atoms with Crippen molar-refractivity contribution in [2.24, 2.45) is 7.05 Å². The third-order valence-corrected chi connectivity index (χ3v) is 4.34. The van der Waals surface area contributed by atoms with Crippen molar-refractivity contribution in [3.63, 3.8) is 0 Å². The van der Waals surface area contributed by atoms with Crippen molar-refractivity contribution >= 4 is 29.0 Å². The normalized spacial score (nSPS) is 10.4. The van der Waals surface area contributed by atoms with Crippen LogP contribution in [-0.2, 0) is 7.05 Å². The molecule has 25 heavy (non-hydrogen) atoms. The first-order valence-corrected chi connectivity index (χ1v) is 7.88. The van der Waals surface area contributed by atoms with E-state index in [1.807, 2.05) is 0 Å². The summed E-state index contributed by atoms with van der Waals surface area (Å²) in [6, 6.07) is 7.56. The number of carbonyl (C=O) groups excluding carboxylic acids is 1. The highest BCUT2D eigenvalue weighted by Crippen LogP contribution is 2.34. The molecule has 1 aromatic carbocycles. The summed E-state index contributed by atoms with van der Waals surface area (Å²) >= 11 is 1.11. The van der Waals surface area contributed by atoms with E-state index in [1.54, 1.807) is 36.1 Å². The fourth-order valence-electron chi connectivity index (χ4n) is 1.99. The van der Waals surface area contributed by atoms with Crippen LogP contribution in [0.3, 0.4) is 0 Å². The summed E-state index contributed by atoms with van der Waals surface area (Å²) in [5, 5.41) is 22.2. The molecule has 0 spiro atoms. The average molecular weight is 356 g/mol. The Kier molecular flexibility index (Phi) is 4.70. The number of nitrogens with one attached hydrogen (secondary N) is 1. The van der Waals surface area contributed by atoms with E-state index in [4.69, 9.17) is 0 Å². The van der Waals surface area contributed by atoms with Gasteiger partial charge in [-0.15, -0.1) is 10.2 Å². The van der Waals surface area contributed by atoms with Gasteiger partial charge in [-0.05, 0) is 36.0 Å². The van der Waals surface area contributed by atoms with E-state index < -0.39 is 10.8 Å². The van der Waals surface area contributed by atoms with Crippen LogP contribution in [0.15, 0.2) is 59.1 Å². The number of benzene rings is 1. The highest BCUT2D eigenvalue weighted by atomic mass is 32.2. The van der Waals surface area contributed by atoms with Crippen LogP contribution in [0.4, 0.5) is 11.4 Å². The zero-order chi connectivity index (χ0) is 17.8. The molecule has 1 N–H and O–H groups in total. The molecule has 0 fully saturated rings. The number of rotatable bonds is 5. The second-order valence-electron chi connectivity index (χ2n) is 4.96. The van der Waals surface area contributed by atoms with Crippen molar-refractivity contribution in [2.45, 2.75) is 10.1 Å². The number of nitrogens with zero attached hydrogens (tertiary/aromatic N) is 5. The number of nitro benzene ring substituents is 1. The Morgan fingerprint density at radius 3 is 2.68 bits per heavy atom. The molecule has 3 rings (SSSR count). The van der Waals surface area contributed by atoms with Crippen molar-refractivity contribution in [2.75, 3.05) is 5.32 Å². The average Bonchev–Trinajstić information content (AvgIpc) is 3.00. The lowest BCUT2D eigenvalue weighted by molar-refractivity contribution is -0.387. The summed E-state index contributed by atoms with van der Waals surface area (Å²) in [6.45, 7) is 0. The Morgan fingerprint density at radius 1 is 1.28 bits per heavy atom. The maximum absolute atomic E-state index is 12.3. The van der Waals surface area contributed by atoms with E-state index in [9.17, 15) is 14.9 Å². The van der Waals surface area contributed by atoms with Crippen LogP contribution in [0, 0.1) is 10.1 Å². The summed E-state index contributed by atoms with van der Waals surface area (Å²) < 4.78 is 1.65. The predicted molar refractivity (Wildman–Crippen MR) is 90.4 cm³/mol. The van der Waals surface area contributed by atoms with Crippen LogP contribution < -0.4 is 5.32 Å². The molecule has 0 atom stereocenters. The number of hydrogen-bond donors (Lipinski definition) is 1. The molecular weight excluding hydrogens is 344 g/mol. The Balaban J connectivity index is 1.87. The third kappa shape index (κ3) is 3.80. The van der Waals surface area contributed by atoms with Gasteiger partial charge in [-0.1, -0.05) is 0 Å². The molecule has 2 aromatic heterocycles. The van der Waals surface area contributed by atoms with Gasteiger partial charge in [0.05, 0.1) is 9.82 Å². The molecule has 10 heteroatoms. The molecule has 0 saturated heterocycles. The highest BCUT2D eigenvalue weighted by Gasteiger charge is 2.20. The molecule has 0 radical (unpaired) electrons. The quantitative estimate of drug-likeness (QED) is 0.551. The molecule has 126 valence electrons. The first kappa shape index (κ1) is 16.6. The standard InChI is InChI=1S/C15H12N6O3S/c1-20-9-17-19-15(20)25-13-3-2-10(8-12(13)21(23)24)14(22)18-11-4-6-16-7-5-11/h2-9H,1H3,(H,16,18,22). The number of aromatic nitrogens is 4. The molecule has 0 aliphatic carbocycles. The molecule has 3 aromatic rings. The molecule has 0 aliphatic rings. The van der Waals surface area contributed by atoms with Crippen molar-refractivity contribution < 1.29 is 9.72 Å². The smallest absolute Gasteiger partial charge is 0.284 e. The number of carbonyl (C=O) groups is 1. The van der Waals surface area contributed by atoms with Crippen LogP contribution in [0.5, 0.6) is 0 Å². The van der Waals surface area contributed by atoms with Gasteiger partial charge in [0.15, 0.2) is 5.16 Å². The zero-order valence-electron chi connectivity index (χ0n) is 13.0. The van der Waals surface area contributed by atoms with E-state index in [1.165, 1.54) is 24.5 Å². The molecule has 0 aliphatic heterocycles. The van der Waals surface area contributed by atoms with Gasteiger partial charge in [0.1, 0.15) is 6.33 Å². The molecule has 2 heterocycles. The third-order valence-electron chi connectivity index (χ3n) is 3.23. The van der Waals surface area contributed by atoms with Crippen LogP contribution in [-0.4, -0.2) is 30.6 Å².